The minimum absolute atomic E-state index is 0.522. The quantitative estimate of drug-likeness (QED) is 0.421. The molecule has 8 heavy (non-hydrogen) atoms. The maximum Gasteiger partial charge on any atom is 0.113 e. The zero-order valence-electron chi connectivity index (χ0n) is 4.54. The molecule has 0 unspecified atom stereocenters. The fourth-order valence-corrected chi connectivity index (χ4v) is 1.68. The number of hydrogen-bond acceptors (Lipinski definition) is 2. The predicted octanol–water partition coefficient (Wildman–Crippen LogP) is 0.315. The molecule has 0 radical (unpaired) electrons. The van der Waals surface area contributed by atoms with Crippen LogP contribution in [0.5, 0.6) is 0 Å². The summed E-state index contributed by atoms with van der Waals surface area (Å²) < 4.78 is 10.6. The molecular formula is C6H8O2. The van der Waals surface area contributed by atoms with Crippen molar-refractivity contribution in [1.29, 1.82) is 0 Å². The van der Waals surface area contributed by atoms with Gasteiger partial charge in [0.2, 0.25) is 0 Å². The zero-order valence-corrected chi connectivity index (χ0v) is 4.54. The Morgan fingerprint density at radius 3 is 1.88 bits per heavy atom. The summed E-state index contributed by atoms with van der Waals surface area (Å²) in [6.07, 6.45) is 4.72. The van der Waals surface area contributed by atoms with Gasteiger partial charge in [-0.2, -0.15) is 0 Å². The molecule has 0 N–H and O–H groups in total. The first-order valence-corrected chi connectivity index (χ1v) is 3.26. The van der Waals surface area contributed by atoms with E-state index in [1.165, 1.54) is 12.8 Å². The van der Waals surface area contributed by atoms with E-state index in [-0.39, 0.29) is 0 Å². The number of ether oxygens (including phenoxy) is 2. The molecular weight excluding hydrogens is 104 g/mol. The fourth-order valence-electron chi connectivity index (χ4n) is 1.68. The van der Waals surface area contributed by atoms with Crippen LogP contribution in [0.2, 0.25) is 0 Å². The van der Waals surface area contributed by atoms with Gasteiger partial charge in [0.25, 0.3) is 0 Å². The average molecular weight is 112 g/mol. The standard InChI is InChI=1S/C6H8O2/c1-2-4-6(8-4)5-3(1)7-5/h3-6H,1-2H2/t3-,4+,5-,6+. The van der Waals surface area contributed by atoms with Crippen LogP contribution in [0.15, 0.2) is 0 Å². The van der Waals surface area contributed by atoms with Crippen LogP contribution in [0.25, 0.3) is 0 Å². The molecule has 2 aliphatic heterocycles. The molecule has 3 rings (SSSR count). The van der Waals surface area contributed by atoms with Crippen molar-refractivity contribution in [3.05, 3.63) is 0 Å². The SMILES string of the molecule is C1C[C@H]2O[C@H]2[C@H]2O[C@@H]12. The molecule has 2 nitrogen and oxygen atoms in total. The van der Waals surface area contributed by atoms with Gasteiger partial charge < -0.3 is 9.47 Å². The predicted molar refractivity (Wildman–Crippen MR) is 26.6 cm³/mol. The average Bonchev–Trinajstić information content (AvgIpc) is 2.59. The first-order chi connectivity index (χ1) is 3.95. The maximum absolute atomic E-state index is 5.31. The van der Waals surface area contributed by atoms with Crippen molar-refractivity contribution in [1.82, 2.24) is 0 Å². The topological polar surface area (TPSA) is 25.1 Å². The molecule has 0 aromatic carbocycles. The lowest BCUT2D eigenvalue weighted by Gasteiger charge is -1.94. The second kappa shape index (κ2) is 0.957. The van der Waals surface area contributed by atoms with Crippen molar-refractivity contribution >= 4 is 0 Å². The highest BCUT2D eigenvalue weighted by atomic mass is 16.7. The van der Waals surface area contributed by atoms with Crippen LogP contribution in [-0.4, -0.2) is 24.4 Å². The number of epoxide rings is 2. The van der Waals surface area contributed by atoms with Crippen molar-refractivity contribution in [3.8, 4) is 0 Å². The summed E-state index contributed by atoms with van der Waals surface area (Å²) >= 11 is 0. The zero-order chi connectivity index (χ0) is 5.14. The Balaban J connectivity index is 1.89. The Hall–Kier alpha value is -0.0800. The van der Waals surface area contributed by atoms with Gasteiger partial charge in [0, 0.05) is 0 Å². The van der Waals surface area contributed by atoms with Gasteiger partial charge in [0.15, 0.2) is 0 Å². The van der Waals surface area contributed by atoms with E-state index >= 15 is 0 Å². The molecule has 3 aliphatic rings. The summed E-state index contributed by atoms with van der Waals surface area (Å²) in [6.45, 7) is 0. The Bertz CT molecular complexity index is 118. The van der Waals surface area contributed by atoms with Crippen molar-refractivity contribution in [2.45, 2.75) is 37.3 Å². The molecule has 44 valence electrons. The van der Waals surface area contributed by atoms with E-state index in [9.17, 15) is 0 Å². The fraction of sp³-hybridized carbons (Fsp3) is 1.00. The Morgan fingerprint density at radius 1 is 0.875 bits per heavy atom. The van der Waals surface area contributed by atoms with Gasteiger partial charge in [-0.3, -0.25) is 0 Å². The van der Waals surface area contributed by atoms with Crippen LogP contribution in [0.3, 0.4) is 0 Å². The van der Waals surface area contributed by atoms with Crippen LogP contribution >= 0.6 is 0 Å². The van der Waals surface area contributed by atoms with Crippen LogP contribution in [0, 0.1) is 0 Å². The highest BCUT2D eigenvalue weighted by Crippen LogP contribution is 2.47. The third-order valence-corrected chi connectivity index (χ3v) is 2.30. The van der Waals surface area contributed by atoms with Gasteiger partial charge in [-0.05, 0) is 12.8 Å². The second-order valence-electron chi connectivity index (χ2n) is 2.86. The summed E-state index contributed by atoms with van der Waals surface area (Å²) in [5, 5.41) is 0. The van der Waals surface area contributed by atoms with Crippen LogP contribution in [0.4, 0.5) is 0 Å². The van der Waals surface area contributed by atoms with Crippen LogP contribution < -0.4 is 0 Å². The Morgan fingerprint density at radius 2 is 1.38 bits per heavy atom. The molecule has 3 fully saturated rings. The molecule has 1 aliphatic carbocycles. The minimum Gasteiger partial charge on any atom is -0.367 e. The monoisotopic (exact) mass is 112 g/mol. The van der Waals surface area contributed by atoms with E-state index in [0.29, 0.717) is 24.4 Å². The molecule has 2 heterocycles. The van der Waals surface area contributed by atoms with E-state index in [2.05, 4.69) is 0 Å². The largest absolute Gasteiger partial charge is 0.367 e. The number of hydrogen-bond donors (Lipinski definition) is 0. The molecule has 0 amide bonds. The first kappa shape index (κ1) is 3.85. The molecule has 4 atom stereocenters. The number of fused-ring (bicyclic) bond motifs is 3. The van der Waals surface area contributed by atoms with Gasteiger partial charge in [0.05, 0.1) is 12.2 Å². The van der Waals surface area contributed by atoms with Gasteiger partial charge in [0.1, 0.15) is 12.2 Å². The van der Waals surface area contributed by atoms with Crippen molar-refractivity contribution in [3.63, 3.8) is 0 Å². The second-order valence-corrected chi connectivity index (χ2v) is 2.86. The van der Waals surface area contributed by atoms with E-state index < -0.39 is 0 Å². The highest BCUT2D eigenvalue weighted by molar-refractivity contribution is 5.07. The Labute approximate surface area is 47.8 Å². The van der Waals surface area contributed by atoms with Crippen LogP contribution in [0.1, 0.15) is 12.8 Å². The smallest absolute Gasteiger partial charge is 0.113 e. The van der Waals surface area contributed by atoms with Gasteiger partial charge >= 0.3 is 0 Å². The summed E-state index contributed by atoms with van der Waals surface area (Å²) in [4.78, 5) is 0. The lowest BCUT2D eigenvalue weighted by atomic mass is 10.0. The summed E-state index contributed by atoms with van der Waals surface area (Å²) in [7, 11) is 0. The van der Waals surface area contributed by atoms with Gasteiger partial charge in [-0.1, -0.05) is 0 Å². The van der Waals surface area contributed by atoms with Crippen molar-refractivity contribution < 1.29 is 9.47 Å². The number of rotatable bonds is 0. The van der Waals surface area contributed by atoms with E-state index in [0.717, 1.165) is 0 Å². The van der Waals surface area contributed by atoms with Crippen molar-refractivity contribution in [2.75, 3.05) is 0 Å². The molecule has 0 bridgehead atoms. The van der Waals surface area contributed by atoms with Gasteiger partial charge in [-0.15, -0.1) is 0 Å². The molecule has 2 saturated heterocycles. The molecule has 0 aromatic heterocycles. The lowest BCUT2D eigenvalue weighted by Crippen LogP contribution is -2.11. The summed E-state index contributed by atoms with van der Waals surface area (Å²) in [6, 6.07) is 0. The Kier molecular flexibility index (Phi) is 0.461. The molecule has 2 heteroatoms. The molecule has 0 aromatic rings. The third-order valence-electron chi connectivity index (χ3n) is 2.30. The minimum atomic E-state index is 0.522. The first-order valence-electron chi connectivity index (χ1n) is 3.26. The van der Waals surface area contributed by atoms with Crippen molar-refractivity contribution in [2.24, 2.45) is 0 Å². The maximum atomic E-state index is 5.31. The molecule has 1 saturated carbocycles. The summed E-state index contributed by atoms with van der Waals surface area (Å²) in [5.41, 5.74) is 0. The van der Waals surface area contributed by atoms with Crippen LogP contribution in [-0.2, 0) is 9.47 Å². The third kappa shape index (κ3) is 0.327. The summed E-state index contributed by atoms with van der Waals surface area (Å²) in [5.74, 6) is 0. The molecule has 0 spiro atoms. The lowest BCUT2D eigenvalue weighted by molar-refractivity contribution is 0.290. The van der Waals surface area contributed by atoms with E-state index in [1.54, 1.807) is 0 Å². The van der Waals surface area contributed by atoms with E-state index in [4.69, 9.17) is 9.47 Å². The van der Waals surface area contributed by atoms with Gasteiger partial charge in [-0.25, -0.2) is 0 Å². The highest BCUT2D eigenvalue weighted by Gasteiger charge is 2.60. The normalized spacial score (nSPS) is 66.0. The van der Waals surface area contributed by atoms with E-state index in [1.807, 2.05) is 0 Å².